The quantitative estimate of drug-likeness (QED) is 0.790. The molecule has 0 saturated carbocycles. The second-order valence-corrected chi connectivity index (χ2v) is 2.49. The summed E-state index contributed by atoms with van der Waals surface area (Å²) in [6.07, 6.45) is 0. The van der Waals surface area contributed by atoms with Gasteiger partial charge in [-0.05, 0) is 24.3 Å². The highest BCUT2D eigenvalue weighted by atomic mass is 19.3. The number of alkyl halides is 2. The van der Waals surface area contributed by atoms with Gasteiger partial charge in [0.2, 0.25) is 0 Å². The van der Waals surface area contributed by atoms with E-state index in [1.54, 1.807) is 12.1 Å². The molecule has 0 aliphatic rings. The van der Waals surface area contributed by atoms with Crippen molar-refractivity contribution in [2.24, 2.45) is 5.73 Å². The predicted molar refractivity (Wildman–Crippen MR) is 47.6 cm³/mol. The molecule has 0 aliphatic heterocycles. The topological polar surface area (TPSA) is 44.5 Å². The van der Waals surface area contributed by atoms with Gasteiger partial charge >= 0.3 is 6.61 Å². The van der Waals surface area contributed by atoms with Crippen molar-refractivity contribution in [2.45, 2.75) is 6.61 Å². The fourth-order valence-electron chi connectivity index (χ4n) is 0.894. The van der Waals surface area contributed by atoms with Crippen LogP contribution in [-0.2, 0) is 0 Å². The summed E-state index contributed by atoms with van der Waals surface area (Å²) in [5.41, 5.74) is 5.22. The van der Waals surface area contributed by atoms with Crippen LogP contribution >= 0.6 is 0 Å². The van der Waals surface area contributed by atoms with E-state index in [-0.39, 0.29) is 5.75 Å². The van der Waals surface area contributed by atoms with Crippen molar-refractivity contribution in [1.29, 1.82) is 0 Å². The van der Waals surface area contributed by atoms with Crippen molar-refractivity contribution in [2.75, 3.05) is 13.2 Å². The van der Waals surface area contributed by atoms with Crippen molar-refractivity contribution in [3.63, 3.8) is 0 Å². The van der Waals surface area contributed by atoms with Crippen LogP contribution in [-0.4, -0.2) is 19.8 Å². The number of nitrogens with two attached hydrogens (primary N) is 1. The Kier molecular flexibility index (Phi) is 4.12. The van der Waals surface area contributed by atoms with Crippen molar-refractivity contribution in [3.8, 4) is 11.5 Å². The molecule has 0 atom stereocenters. The molecule has 0 unspecified atom stereocenters. The average molecular weight is 203 g/mol. The van der Waals surface area contributed by atoms with Gasteiger partial charge in [0.05, 0.1) is 0 Å². The summed E-state index contributed by atoms with van der Waals surface area (Å²) in [7, 11) is 0. The molecule has 1 rings (SSSR count). The van der Waals surface area contributed by atoms with Gasteiger partial charge in [-0.25, -0.2) is 0 Å². The van der Waals surface area contributed by atoms with E-state index in [1.165, 1.54) is 12.1 Å². The number of halogens is 2. The van der Waals surface area contributed by atoms with Crippen LogP contribution in [0.25, 0.3) is 0 Å². The Morgan fingerprint density at radius 1 is 1.14 bits per heavy atom. The van der Waals surface area contributed by atoms with Gasteiger partial charge in [-0.2, -0.15) is 8.78 Å². The van der Waals surface area contributed by atoms with Crippen molar-refractivity contribution >= 4 is 0 Å². The van der Waals surface area contributed by atoms with Gasteiger partial charge < -0.3 is 15.2 Å². The van der Waals surface area contributed by atoms with Gasteiger partial charge in [0.25, 0.3) is 0 Å². The Bertz CT molecular complexity index is 264. The number of rotatable bonds is 5. The first-order chi connectivity index (χ1) is 6.72. The maximum absolute atomic E-state index is 11.8. The van der Waals surface area contributed by atoms with Crippen LogP contribution in [0.4, 0.5) is 8.78 Å². The Morgan fingerprint density at radius 3 is 2.21 bits per heavy atom. The number of hydrogen-bond acceptors (Lipinski definition) is 3. The Hall–Kier alpha value is -1.36. The second kappa shape index (κ2) is 5.39. The molecule has 0 radical (unpaired) electrons. The molecule has 0 saturated heterocycles. The molecule has 0 aliphatic carbocycles. The lowest BCUT2D eigenvalue weighted by Gasteiger charge is -2.06. The highest BCUT2D eigenvalue weighted by Gasteiger charge is 2.03. The molecular formula is C9H11F2NO2. The lowest BCUT2D eigenvalue weighted by Crippen LogP contribution is -2.10. The van der Waals surface area contributed by atoms with E-state index in [2.05, 4.69) is 4.74 Å². The number of ether oxygens (including phenoxy) is 2. The van der Waals surface area contributed by atoms with E-state index < -0.39 is 6.61 Å². The normalized spacial score (nSPS) is 10.3. The first-order valence-corrected chi connectivity index (χ1v) is 4.10. The second-order valence-electron chi connectivity index (χ2n) is 2.49. The summed E-state index contributed by atoms with van der Waals surface area (Å²) in [6, 6.07) is 5.93. The molecule has 2 N–H and O–H groups in total. The van der Waals surface area contributed by atoms with Crippen molar-refractivity contribution in [1.82, 2.24) is 0 Å². The van der Waals surface area contributed by atoms with Crippen LogP contribution in [0.2, 0.25) is 0 Å². The Morgan fingerprint density at radius 2 is 1.71 bits per heavy atom. The molecule has 14 heavy (non-hydrogen) atoms. The van der Waals surface area contributed by atoms with E-state index >= 15 is 0 Å². The Balaban J connectivity index is 2.50. The zero-order valence-electron chi connectivity index (χ0n) is 7.45. The SMILES string of the molecule is NCCOc1ccc(OC(F)F)cc1. The van der Waals surface area contributed by atoms with Gasteiger partial charge in [-0.15, -0.1) is 0 Å². The molecular weight excluding hydrogens is 192 g/mol. The van der Waals surface area contributed by atoms with E-state index in [1.807, 2.05) is 0 Å². The van der Waals surface area contributed by atoms with E-state index in [0.717, 1.165) is 0 Å². The lowest BCUT2D eigenvalue weighted by molar-refractivity contribution is -0.0498. The average Bonchev–Trinajstić information content (AvgIpc) is 2.16. The maximum atomic E-state index is 11.8. The van der Waals surface area contributed by atoms with E-state index in [9.17, 15) is 8.78 Å². The van der Waals surface area contributed by atoms with E-state index in [0.29, 0.717) is 18.9 Å². The summed E-state index contributed by atoms with van der Waals surface area (Å²) in [4.78, 5) is 0. The molecule has 0 aromatic heterocycles. The monoisotopic (exact) mass is 203 g/mol. The highest BCUT2D eigenvalue weighted by Crippen LogP contribution is 2.18. The zero-order valence-corrected chi connectivity index (χ0v) is 7.45. The van der Waals surface area contributed by atoms with E-state index in [4.69, 9.17) is 10.5 Å². The Labute approximate surface area is 80.4 Å². The number of hydrogen-bond donors (Lipinski definition) is 1. The molecule has 3 nitrogen and oxygen atoms in total. The predicted octanol–water partition coefficient (Wildman–Crippen LogP) is 1.63. The van der Waals surface area contributed by atoms with Gasteiger partial charge in [0.1, 0.15) is 18.1 Å². The summed E-state index contributed by atoms with van der Waals surface area (Å²) in [5.74, 6) is 0.692. The first kappa shape index (κ1) is 10.7. The molecule has 78 valence electrons. The third-order valence-electron chi connectivity index (χ3n) is 1.44. The molecule has 0 fully saturated rings. The molecule has 0 spiro atoms. The first-order valence-electron chi connectivity index (χ1n) is 4.10. The fraction of sp³-hybridized carbons (Fsp3) is 0.333. The molecule has 0 amide bonds. The van der Waals surface area contributed by atoms with Gasteiger partial charge in [0.15, 0.2) is 0 Å². The molecule has 5 heteroatoms. The van der Waals surface area contributed by atoms with Gasteiger partial charge in [0, 0.05) is 6.54 Å². The summed E-state index contributed by atoms with van der Waals surface area (Å²) in [5, 5.41) is 0. The number of benzene rings is 1. The molecule has 0 bridgehead atoms. The summed E-state index contributed by atoms with van der Waals surface area (Å²) < 4.78 is 32.8. The van der Waals surface area contributed by atoms with Gasteiger partial charge in [-0.1, -0.05) is 0 Å². The smallest absolute Gasteiger partial charge is 0.387 e. The third kappa shape index (κ3) is 3.57. The van der Waals surface area contributed by atoms with Crippen LogP contribution in [0.15, 0.2) is 24.3 Å². The minimum absolute atomic E-state index is 0.111. The summed E-state index contributed by atoms with van der Waals surface area (Å²) in [6.45, 7) is -1.99. The van der Waals surface area contributed by atoms with Crippen LogP contribution in [0.1, 0.15) is 0 Å². The van der Waals surface area contributed by atoms with Crippen LogP contribution in [0, 0.1) is 0 Å². The lowest BCUT2D eigenvalue weighted by atomic mass is 10.3. The molecule has 1 aromatic carbocycles. The molecule has 0 heterocycles. The minimum atomic E-state index is -2.80. The maximum Gasteiger partial charge on any atom is 0.387 e. The van der Waals surface area contributed by atoms with Crippen molar-refractivity contribution in [3.05, 3.63) is 24.3 Å². The molecule has 1 aromatic rings. The standard InChI is InChI=1S/C9H11F2NO2/c10-9(11)14-8-3-1-7(2-4-8)13-6-5-12/h1-4,9H,5-6,12H2. The highest BCUT2D eigenvalue weighted by molar-refractivity contribution is 5.31. The fourth-order valence-corrected chi connectivity index (χ4v) is 0.894. The summed E-state index contributed by atoms with van der Waals surface area (Å²) >= 11 is 0. The van der Waals surface area contributed by atoms with Crippen molar-refractivity contribution < 1.29 is 18.3 Å². The van der Waals surface area contributed by atoms with Crippen LogP contribution in [0.3, 0.4) is 0 Å². The van der Waals surface area contributed by atoms with Gasteiger partial charge in [-0.3, -0.25) is 0 Å². The zero-order chi connectivity index (χ0) is 10.4. The van der Waals surface area contributed by atoms with Crippen LogP contribution in [0.5, 0.6) is 11.5 Å². The van der Waals surface area contributed by atoms with Crippen LogP contribution < -0.4 is 15.2 Å². The third-order valence-corrected chi connectivity index (χ3v) is 1.44. The minimum Gasteiger partial charge on any atom is -0.492 e. The largest absolute Gasteiger partial charge is 0.492 e.